The van der Waals surface area contributed by atoms with E-state index in [2.05, 4.69) is 20.4 Å². The molecule has 0 spiro atoms. The summed E-state index contributed by atoms with van der Waals surface area (Å²) in [5.41, 5.74) is 0. The zero-order chi connectivity index (χ0) is 19.1. The first kappa shape index (κ1) is 19.7. The summed E-state index contributed by atoms with van der Waals surface area (Å²) < 4.78 is 4.59. The minimum Gasteiger partial charge on any atom is -0.453 e. The molecule has 0 saturated carbocycles. The fourth-order valence-electron chi connectivity index (χ4n) is 2.92. The first-order valence-electron chi connectivity index (χ1n) is 8.77. The van der Waals surface area contributed by atoms with Crippen LogP contribution in [0.25, 0.3) is 0 Å². The van der Waals surface area contributed by atoms with Gasteiger partial charge in [-0.2, -0.15) is 0 Å². The van der Waals surface area contributed by atoms with E-state index < -0.39 is 12.1 Å². The average Bonchev–Trinajstić information content (AvgIpc) is 2.66. The molecular formula is C18H26N4O4. The van der Waals surface area contributed by atoms with Gasteiger partial charge in [-0.1, -0.05) is 19.9 Å². The second-order valence-electron chi connectivity index (χ2n) is 6.66. The highest BCUT2D eigenvalue weighted by Gasteiger charge is 2.33. The van der Waals surface area contributed by atoms with E-state index in [0.29, 0.717) is 31.7 Å². The van der Waals surface area contributed by atoms with E-state index in [0.717, 1.165) is 0 Å². The van der Waals surface area contributed by atoms with E-state index in [9.17, 15) is 14.4 Å². The van der Waals surface area contributed by atoms with Gasteiger partial charge in [0, 0.05) is 25.2 Å². The average molecular weight is 362 g/mol. The van der Waals surface area contributed by atoms with E-state index in [-0.39, 0.29) is 23.7 Å². The predicted molar refractivity (Wildman–Crippen MR) is 96.3 cm³/mol. The van der Waals surface area contributed by atoms with Crippen molar-refractivity contribution in [1.82, 2.24) is 15.2 Å². The number of carbonyl (C=O) groups excluding carboxylic acids is 3. The molecule has 0 radical (unpaired) electrons. The summed E-state index contributed by atoms with van der Waals surface area (Å²) >= 11 is 0. The normalized spacial score (nSPS) is 16.1. The Hall–Kier alpha value is -2.64. The second-order valence-corrected chi connectivity index (χ2v) is 6.66. The van der Waals surface area contributed by atoms with Crippen molar-refractivity contribution in [1.29, 1.82) is 0 Å². The van der Waals surface area contributed by atoms with Crippen LogP contribution in [0, 0.1) is 11.8 Å². The highest BCUT2D eigenvalue weighted by atomic mass is 16.5. The van der Waals surface area contributed by atoms with Crippen LogP contribution in [0.1, 0.15) is 26.7 Å². The maximum atomic E-state index is 12.7. The molecule has 142 valence electrons. The zero-order valence-electron chi connectivity index (χ0n) is 15.4. The third-order valence-electron chi connectivity index (χ3n) is 4.49. The van der Waals surface area contributed by atoms with Crippen LogP contribution in [-0.2, 0) is 14.3 Å². The van der Waals surface area contributed by atoms with Gasteiger partial charge in [0.25, 0.3) is 0 Å². The lowest BCUT2D eigenvalue weighted by molar-refractivity contribution is -0.137. The highest BCUT2D eigenvalue weighted by molar-refractivity contribution is 5.92. The summed E-state index contributed by atoms with van der Waals surface area (Å²) in [7, 11) is 1.27. The fraction of sp³-hybridized carbons (Fsp3) is 0.556. The number of likely N-dealkylation sites (tertiary alicyclic amines) is 1. The molecule has 0 aliphatic carbocycles. The van der Waals surface area contributed by atoms with Crippen molar-refractivity contribution in [2.24, 2.45) is 11.8 Å². The zero-order valence-corrected chi connectivity index (χ0v) is 15.4. The molecule has 2 rings (SSSR count). The van der Waals surface area contributed by atoms with Crippen LogP contribution in [0.2, 0.25) is 0 Å². The van der Waals surface area contributed by atoms with Crippen molar-refractivity contribution in [3.63, 3.8) is 0 Å². The summed E-state index contributed by atoms with van der Waals surface area (Å²) in [6.07, 6.45) is 2.15. The summed E-state index contributed by atoms with van der Waals surface area (Å²) in [6.45, 7) is 4.69. The van der Waals surface area contributed by atoms with Crippen molar-refractivity contribution in [2.75, 3.05) is 25.5 Å². The van der Waals surface area contributed by atoms with Gasteiger partial charge in [0.2, 0.25) is 11.8 Å². The van der Waals surface area contributed by atoms with Gasteiger partial charge < -0.3 is 20.3 Å². The molecule has 1 aromatic heterocycles. The monoisotopic (exact) mass is 362 g/mol. The van der Waals surface area contributed by atoms with E-state index in [1.807, 2.05) is 19.9 Å². The van der Waals surface area contributed by atoms with Crippen molar-refractivity contribution < 1.29 is 19.1 Å². The number of alkyl carbamates (subject to hydrolysis) is 1. The summed E-state index contributed by atoms with van der Waals surface area (Å²) in [5.74, 6) is 0.0786. The number of aromatic nitrogens is 1. The van der Waals surface area contributed by atoms with E-state index in [1.54, 1.807) is 23.2 Å². The molecule has 1 aliphatic heterocycles. The Labute approximate surface area is 153 Å². The fourth-order valence-corrected chi connectivity index (χ4v) is 2.92. The number of pyridine rings is 1. The largest absolute Gasteiger partial charge is 0.453 e. The molecule has 1 aliphatic rings. The number of amides is 3. The predicted octanol–water partition coefficient (Wildman–Crippen LogP) is 1.64. The van der Waals surface area contributed by atoms with Crippen LogP contribution in [0.15, 0.2) is 24.4 Å². The molecule has 1 saturated heterocycles. The maximum absolute atomic E-state index is 12.7. The van der Waals surface area contributed by atoms with Gasteiger partial charge >= 0.3 is 6.09 Å². The minimum atomic E-state index is -0.638. The Morgan fingerprint density at radius 3 is 2.46 bits per heavy atom. The third kappa shape index (κ3) is 5.18. The van der Waals surface area contributed by atoms with Gasteiger partial charge in [-0.15, -0.1) is 0 Å². The van der Waals surface area contributed by atoms with Gasteiger partial charge in [-0.3, -0.25) is 9.59 Å². The quantitative estimate of drug-likeness (QED) is 0.829. The van der Waals surface area contributed by atoms with E-state index in [4.69, 9.17) is 0 Å². The molecule has 1 aromatic rings. The number of piperidine rings is 1. The Bertz CT molecular complexity index is 627. The van der Waals surface area contributed by atoms with Crippen LogP contribution >= 0.6 is 0 Å². The SMILES string of the molecule is COC(=O)N[C@H](C(=O)N1CCC(C(=O)Nc2ccccn2)CC1)C(C)C. The Balaban J connectivity index is 1.89. The first-order chi connectivity index (χ1) is 12.4. The number of hydrogen-bond acceptors (Lipinski definition) is 5. The maximum Gasteiger partial charge on any atom is 0.407 e. The molecule has 0 aromatic carbocycles. The number of rotatable bonds is 5. The molecule has 26 heavy (non-hydrogen) atoms. The molecule has 8 heteroatoms. The molecule has 8 nitrogen and oxygen atoms in total. The van der Waals surface area contributed by atoms with E-state index >= 15 is 0 Å². The second kappa shape index (κ2) is 9.17. The first-order valence-corrected chi connectivity index (χ1v) is 8.77. The molecule has 1 atom stereocenters. The molecule has 0 unspecified atom stereocenters. The van der Waals surface area contributed by atoms with Crippen molar-refractivity contribution in [3.05, 3.63) is 24.4 Å². The number of anilines is 1. The van der Waals surface area contributed by atoms with Gasteiger partial charge in [-0.25, -0.2) is 9.78 Å². The number of carbonyl (C=O) groups is 3. The number of nitrogens with zero attached hydrogens (tertiary/aromatic N) is 2. The lowest BCUT2D eigenvalue weighted by Crippen LogP contribution is -2.53. The topological polar surface area (TPSA) is 101 Å². The van der Waals surface area contributed by atoms with E-state index in [1.165, 1.54) is 7.11 Å². The van der Waals surface area contributed by atoms with Crippen molar-refractivity contribution in [3.8, 4) is 0 Å². The number of methoxy groups -OCH3 is 1. The molecule has 2 heterocycles. The summed E-state index contributed by atoms with van der Waals surface area (Å²) in [6, 6.07) is 4.70. The molecular weight excluding hydrogens is 336 g/mol. The summed E-state index contributed by atoms with van der Waals surface area (Å²) in [4.78, 5) is 42.3. The molecule has 1 fully saturated rings. The Kier molecular flexibility index (Phi) is 6.94. The lowest BCUT2D eigenvalue weighted by atomic mass is 9.94. The Morgan fingerprint density at radius 2 is 1.92 bits per heavy atom. The number of hydrogen-bond donors (Lipinski definition) is 2. The molecule has 3 amide bonds. The summed E-state index contributed by atoms with van der Waals surface area (Å²) in [5, 5.41) is 5.39. The van der Waals surface area contributed by atoms with Gasteiger partial charge in [0.15, 0.2) is 0 Å². The highest BCUT2D eigenvalue weighted by Crippen LogP contribution is 2.20. The van der Waals surface area contributed by atoms with Crippen LogP contribution in [0.5, 0.6) is 0 Å². The molecule has 2 N–H and O–H groups in total. The Morgan fingerprint density at radius 1 is 1.23 bits per heavy atom. The number of nitrogens with one attached hydrogen (secondary N) is 2. The standard InChI is InChI=1S/C18H26N4O4/c1-12(2)15(21-18(25)26-3)17(24)22-10-7-13(8-11-22)16(23)20-14-6-4-5-9-19-14/h4-6,9,12-13,15H,7-8,10-11H2,1-3H3,(H,21,25)(H,19,20,23)/t15-/m0/s1. The van der Waals surface area contributed by atoms with Crippen molar-refractivity contribution in [2.45, 2.75) is 32.7 Å². The van der Waals surface area contributed by atoms with Crippen molar-refractivity contribution >= 4 is 23.7 Å². The number of ether oxygens (including phenoxy) is 1. The van der Waals surface area contributed by atoms with Crippen LogP contribution < -0.4 is 10.6 Å². The molecule has 0 bridgehead atoms. The van der Waals surface area contributed by atoms with Crippen LogP contribution in [-0.4, -0.2) is 54.0 Å². The van der Waals surface area contributed by atoms with Gasteiger partial charge in [0.1, 0.15) is 11.9 Å². The van der Waals surface area contributed by atoms with Gasteiger partial charge in [0.05, 0.1) is 7.11 Å². The van der Waals surface area contributed by atoms with Crippen LogP contribution in [0.4, 0.5) is 10.6 Å². The smallest absolute Gasteiger partial charge is 0.407 e. The minimum absolute atomic E-state index is 0.0632. The van der Waals surface area contributed by atoms with Gasteiger partial charge in [-0.05, 0) is 30.9 Å². The lowest BCUT2D eigenvalue weighted by Gasteiger charge is -2.34. The van der Waals surface area contributed by atoms with Crippen LogP contribution in [0.3, 0.4) is 0 Å². The third-order valence-corrected chi connectivity index (χ3v) is 4.49.